The van der Waals surface area contributed by atoms with Crippen LogP contribution >= 0.6 is 34.8 Å². The van der Waals surface area contributed by atoms with E-state index >= 15 is 0 Å². The molecule has 2 aromatic carbocycles. The molecule has 0 fully saturated rings. The van der Waals surface area contributed by atoms with E-state index in [2.05, 4.69) is 4.98 Å². The van der Waals surface area contributed by atoms with E-state index < -0.39 is 0 Å². The Morgan fingerprint density at radius 2 is 2.14 bits per heavy atom. The van der Waals surface area contributed by atoms with Crippen LogP contribution < -0.4 is 4.74 Å². The zero-order valence-corrected chi connectivity index (χ0v) is 14.2. The number of aromatic amines is 1. The number of aromatic nitrogens is 2. The van der Waals surface area contributed by atoms with E-state index in [9.17, 15) is 4.39 Å². The van der Waals surface area contributed by atoms with Gasteiger partial charge in [0.2, 0.25) is 0 Å². The lowest BCUT2D eigenvalue weighted by Gasteiger charge is -2.08. The highest BCUT2D eigenvalue weighted by Gasteiger charge is 2.10. The van der Waals surface area contributed by atoms with Gasteiger partial charge in [0.15, 0.2) is 4.77 Å². The number of nitrogens with one attached hydrogen (secondary N) is 1. The lowest BCUT2D eigenvalue weighted by atomic mass is 10.2. The molecule has 0 bridgehead atoms. The van der Waals surface area contributed by atoms with Gasteiger partial charge >= 0.3 is 0 Å². The van der Waals surface area contributed by atoms with Gasteiger partial charge in [-0.05, 0) is 59.9 Å². The fraction of sp³-hybridized carbons (Fsp3) is 0.133. The largest absolute Gasteiger partial charge is 0.494 e. The number of imidazole rings is 1. The predicted octanol–water partition coefficient (Wildman–Crippen LogP) is 4.83. The number of benzene rings is 2. The second-order valence-electron chi connectivity index (χ2n) is 4.48. The zero-order valence-electron chi connectivity index (χ0n) is 11.2. The van der Waals surface area contributed by atoms with E-state index in [1.54, 1.807) is 6.07 Å². The van der Waals surface area contributed by atoms with Crippen LogP contribution in [0.1, 0.15) is 6.92 Å². The Kier molecular flexibility index (Phi) is 3.99. The first-order valence-corrected chi connectivity index (χ1v) is 7.92. The van der Waals surface area contributed by atoms with Crippen molar-refractivity contribution in [3.05, 3.63) is 50.6 Å². The van der Waals surface area contributed by atoms with Gasteiger partial charge in [-0.25, -0.2) is 4.39 Å². The number of halogens is 2. The third kappa shape index (κ3) is 2.69. The first kappa shape index (κ1) is 14.5. The van der Waals surface area contributed by atoms with Crippen LogP contribution in [-0.2, 0) is 0 Å². The van der Waals surface area contributed by atoms with Crippen LogP contribution in [0.15, 0.2) is 36.4 Å². The number of nitrogens with zero attached hydrogens (tertiary/aromatic N) is 1. The summed E-state index contributed by atoms with van der Waals surface area (Å²) in [7, 11) is 0. The molecule has 1 heterocycles. The predicted molar refractivity (Wildman–Crippen MR) is 92.3 cm³/mol. The van der Waals surface area contributed by atoms with Crippen LogP contribution in [0.4, 0.5) is 4.39 Å². The van der Waals surface area contributed by atoms with E-state index in [1.165, 1.54) is 6.07 Å². The van der Waals surface area contributed by atoms with E-state index in [1.807, 2.05) is 58.3 Å². The molecule has 0 aliphatic rings. The summed E-state index contributed by atoms with van der Waals surface area (Å²) in [5, 5.41) is 0. The highest BCUT2D eigenvalue weighted by atomic mass is 127. The molecule has 0 spiro atoms. The van der Waals surface area contributed by atoms with Crippen molar-refractivity contribution in [2.75, 3.05) is 6.61 Å². The van der Waals surface area contributed by atoms with Crippen LogP contribution in [0.25, 0.3) is 16.7 Å². The van der Waals surface area contributed by atoms with E-state index in [-0.39, 0.29) is 5.82 Å². The van der Waals surface area contributed by atoms with E-state index in [0.717, 1.165) is 17.0 Å². The van der Waals surface area contributed by atoms with Crippen molar-refractivity contribution in [2.45, 2.75) is 6.92 Å². The Hall–Kier alpha value is -1.41. The average molecular weight is 414 g/mol. The summed E-state index contributed by atoms with van der Waals surface area (Å²) >= 11 is 7.34. The van der Waals surface area contributed by atoms with Gasteiger partial charge < -0.3 is 9.72 Å². The minimum atomic E-state index is -0.258. The standard InChI is InChI=1S/C15H12FIN2OS/c1-2-20-10-5-3-4-9(6-10)19-14-7-11(16)12(17)8-13(14)18-15(19)21/h3-8H,2H2,1H3,(H,18,21). The summed E-state index contributed by atoms with van der Waals surface area (Å²) < 4.78 is 22.3. The number of ether oxygens (including phenoxy) is 1. The molecule has 21 heavy (non-hydrogen) atoms. The van der Waals surface area contributed by atoms with Crippen LogP contribution in [-0.4, -0.2) is 16.2 Å². The Balaban J connectivity index is 2.24. The van der Waals surface area contributed by atoms with Crippen molar-refractivity contribution in [1.82, 2.24) is 9.55 Å². The number of H-pyrrole nitrogens is 1. The molecule has 0 saturated heterocycles. The fourth-order valence-corrected chi connectivity index (χ4v) is 3.02. The fourth-order valence-electron chi connectivity index (χ4n) is 2.24. The third-order valence-corrected chi connectivity index (χ3v) is 4.22. The average Bonchev–Trinajstić information content (AvgIpc) is 2.75. The van der Waals surface area contributed by atoms with Crippen LogP contribution in [0.3, 0.4) is 0 Å². The first-order valence-electron chi connectivity index (χ1n) is 6.43. The lowest BCUT2D eigenvalue weighted by molar-refractivity contribution is 0.340. The molecule has 3 nitrogen and oxygen atoms in total. The molecule has 0 unspecified atom stereocenters. The first-order chi connectivity index (χ1) is 10.1. The number of rotatable bonds is 3. The minimum absolute atomic E-state index is 0.258. The van der Waals surface area contributed by atoms with Crippen molar-refractivity contribution in [2.24, 2.45) is 0 Å². The molecule has 0 aliphatic heterocycles. The number of hydrogen-bond acceptors (Lipinski definition) is 2. The maximum atomic E-state index is 13.9. The molecule has 3 rings (SSSR count). The minimum Gasteiger partial charge on any atom is -0.494 e. The van der Waals surface area contributed by atoms with Crippen molar-refractivity contribution in [3.63, 3.8) is 0 Å². The summed E-state index contributed by atoms with van der Waals surface area (Å²) in [6.45, 7) is 2.52. The van der Waals surface area contributed by atoms with Gasteiger partial charge in [-0.3, -0.25) is 4.57 Å². The van der Waals surface area contributed by atoms with Gasteiger partial charge in [-0.15, -0.1) is 0 Å². The second-order valence-corrected chi connectivity index (χ2v) is 6.03. The molecule has 1 aromatic heterocycles. The van der Waals surface area contributed by atoms with Gasteiger partial charge in [-0.1, -0.05) is 6.07 Å². The zero-order chi connectivity index (χ0) is 15.0. The normalized spacial score (nSPS) is 11.0. The quantitative estimate of drug-likeness (QED) is 0.492. The third-order valence-electron chi connectivity index (χ3n) is 3.11. The van der Waals surface area contributed by atoms with Crippen molar-refractivity contribution in [1.29, 1.82) is 0 Å². The Morgan fingerprint density at radius 1 is 1.33 bits per heavy atom. The molecule has 1 N–H and O–H groups in total. The van der Waals surface area contributed by atoms with Crippen molar-refractivity contribution < 1.29 is 9.13 Å². The van der Waals surface area contributed by atoms with E-state index in [0.29, 0.717) is 20.5 Å². The Labute approximate surface area is 139 Å². The van der Waals surface area contributed by atoms with Gasteiger partial charge in [0.1, 0.15) is 11.6 Å². The summed E-state index contributed by atoms with van der Waals surface area (Å²) in [4.78, 5) is 3.11. The summed E-state index contributed by atoms with van der Waals surface area (Å²) in [6, 6.07) is 10.8. The molecule has 0 atom stereocenters. The molecular weight excluding hydrogens is 402 g/mol. The monoisotopic (exact) mass is 414 g/mol. The van der Waals surface area contributed by atoms with Crippen LogP contribution in [0.5, 0.6) is 5.75 Å². The Morgan fingerprint density at radius 3 is 2.90 bits per heavy atom. The summed E-state index contributed by atoms with van der Waals surface area (Å²) in [6.07, 6.45) is 0. The second kappa shape index (κ2) is 5.76. The molecule has 6 heteroatoms. The van der Waals surface area contributed by atoms with Crippen molar-refractivity contribution in [3.8, 4) is 11.4 Å². The summed E-state index contributed by atoms with van der Waals surface area (Å²) in [5.74, 6) is 0.504. The molecule has 3 aromatic rings. The maximum Gasteiger partial charge on any atom is 0.182 e. The topological polar surface area (TPSA) is 29.9 Å². The molecule has 0 aliphatic carbocycles. The molecule has 0 radical (unpaired) electrons. The van der Waals surface area contributed by atoms with Gasteiger partial charge in [0.05, 0.1) is 26.9 Å². The number of fused-ring (bicyclic) bond motifs is 1. The Bertz CT molecular complexity index is 872. The highest BCUT2D eigenvalue weighted by Crippen LogP contribution is 2.25. The van der Waals surface area contributed by atoms with E-state index in [4.69, 9.17) is 17.0 Å². The molecule has 0 saturated carbocycles. The van der Waals surface area contributed by atoms with Crippen LogP contribution in [0.2, 0.25) is 0 Å². The lowest BCUT2D eigenvalue weighted by Crippen LogP contribution is -1.97. The molecule has 0 amide bonds. The van der Waals surface area contributed by atoms with Crippen molar-refractivity contribution >= 4 is 45.8 Å². The van der Waals surface area contributed by atoms with Crippen LogP contribution in [0, 0.1) is 14.2 Å². The summed E-state index contributed by atoms with van der Waals surface area (Å²) in [5.41, 5.74) is 2.37. The van der Waals surface area contributed by atoms with Gasteiger partial charge in [0, 0.05) is 12.1 Å². The highest BCUT2D eigenvalue weighted by molar-refractivity contribution is 14.1. The molecule has 108 valence electrons. The molecular formula is C15H12FIN2OS. The maximum absolute atomic E-state index is 13.9. The SMILES string of the molecule is CCOc1cccc(-n2c(=S)[nH]c3cc(I)c(F)cc32)c1. The smallest absolute Gasteiger partial charge is 0.182 e. The van der Waals surface area contributed by atoms with Gasteiger partial charge in [-0.2, -0.15) is 0 Å². The number of hydrogen-bond donors (Lipinski definition) is 1. The van der Waals surface area contributed by atoms with Gasteiger partial charge in [0.25, 0.3) is 0 Å².